The molecular weight excluding hydrogens is 212 g/mol. The Hall–Kier alpha value is -1.35. The minimum atomic E-state index is 0.202. The maximum atomic E-state index is 5.97. The maximum absolute atomic E-state index is 5.97. The second-order valence-corrected chi connectivity index (χ2v) is 5.05. The highest BCUT2D eigenvalue weighted by Crippen LogP contribution is 2.30. The van der Waals surface area contributed by atoms with Crippen LogP contribution in [-0.4, -0.2) is 24.1 Å². The summed E-state index contributed by atoms with van der Waals surface area (Å²) in [6, 6.07) is 8.84. The van der Waals surface area contributed by atoms with Gasteiger partial charge in [0.2, 0.25) is 5.90 Å². The van der Waals surface area contributed by atoms with Crippen molar-refractivity contribution in [2.75, 3.05) is 0 Å². The van der Waals surface area contributed by atoms with Crippen LogP contribution in [0.5, 0.6) is 0 Å². The first kappa shape index (κ1) is 10.8. The van der Waals surface area contributed by atoms with Gasteiger partial charge in [-0.1, -0.05) is 18.2 Å². The highest BCUT2D eigenvalue weighted by molar-refractivity contribution is 5.96. The molecule has 2 aliphatic rings. The summed E-state index contributed by atoms with van der Waals surface area (Å²) in [5.74, 6) is 0.812. The smallest absolute Gasteiger partial charge is 0.217 e. The summed E-state index contributed by atoms with van der Waals surface area (Å²) >= 11 is 0. The highest BCUT2D eigenvalue weighted by atomic mass is 16.5. The molecule has 3 heteroatoms. The van der Waals surface area contributed by atoms with Crippen molar-refractivity contribution in [2.24, 2.45) is 10.7 Å². The molecule has 0 aromatic heterocycles. The van der Waals surface area contributed by atoms with Gasteiger partial charge in [-0.25, -0.2) is 4.99 Å². The number of nitrogens with two attached hydrogens (primary N) is 1. The monoisotopic (exact) mass is 230 g/mol. The quantitative estimate of drug-likeness (QED) is 0.802. The molecule has 0 spiro atoms. The molecular formula is C14H18N2O. The van der Waals surface area contributed by atoms with Gasteiger partial charge in [0.15, 0.2) is 0 Å². The Morgan fingerprint density at radius 2 is 2.12 bits per heavy atom. The molecule has 3 atom stereocenters. The molecule has 90 valence electrons. The number of benzene rings is 1. The van der Waals surface area contributed by atoms with Crippen LogP contribution < -0.4 is 5.73 Å². The van der Waals surface area contributed by atoms with Crippen molar-refractivity contribution in [3.05, 3.63) is 35.4 Å². The van der Waals surface area contributed by atoms with Crippen LogP contribution in [0, 0.1) is 6.92 Å². The zero-order valence-corrected chi connectivity index (χ0v) is 10.1. The lowest BCUT2D eigenvalue weighted by atomic mass is 9.90. The first-order valence-electron chi connectivity index (χ1n) is 6.30. The Morgan fingerprint density at radius 1 is 1.29 bits per heavy atom. The number of fused-ring (bicyclic) bond motifs is 1. The highest BCUT2D eigenvalue weighted by Gasteiger charge is 2.36. The number of nitrogens with zero attached hydrogens (tertiary/aromatic N) is 1. The number of rotatable bonds is 1. The fourth-order valence-electron chi connectivity index (χ4n) is 2.69. The van der Waals surface area contributed by atoms with E-state index in [1.807, 2.05) is 12.1 Å². The molecule has 1 aromatic carbocycles. The minimum Gasteiger partial charge on any atom is -0.472 e. The largest absolute Gasteiger partial charge is 0.472 e. The van der Waals surface area contributed by atoms with E-state index >= 15 is 0 Å². The van der Waals surface area contributed by atoms with Crippen LogP contribution in [0.2, 0.25) is 0 Å². The third-order valence-corrected chi connectivity index (χ3v) is 3.72. The number of hydrogen-bond acceptors (Lipinski definition) is 3. The number of ether oxygens (including phenoxy) is 1. The van der Waals surface area contributed by atoms with Gasteiger partial charge in [0, 0.05) is 18.0 Å². The van der Waals surface area contributed by atoms with E-state index in [4.69, 9.17) is 15.5 Å². The molecule has 0 saturated heterocycles. The topological polar surface area (TPSA) is 47.6 Å². The van der Waals surface area contributed by atoms with Crippen LogP contribution in [0.3, 0.4) is 0 Å². The SMILES string of the molecule is Cc1ccccc1C1=NC2CCC(N)CC2O1. The lowest BCUT2D eigenvalue weighted by Gasteiger charge is -2.26. The number of aryl methyl sites for hydroxylation is 1. The summed E-state index contributed by atoms with van der Waals surface area (Å²) in [5, 5.41) is 0. The van der Waals surface area contributed by atoms with E-state index in [0.717, 1.165) is 30.7 Å². The zero-order chi connectivity index (χ0) is 11.8. The van der Waals surface area contributed by atoms with Gasteiger partial charge in [-0.3, -0.25) is 0 Å². The molecule has 3 rings (SSSR count). The van der Waals surface area contributed by atoms with Crippen molar-refractivity contribution in [2.45, 2.75) is 44.4 Å². The summed E-state index contributed by atoms with van der Waals surface area (Å²) in [7, 11) is 0. The summed E-state index contributed by atoms with van der Waals surface area (Å²) in [6.07, 6.45) is 3.26. The normalized spacial score (nSPS) is 31.6. The third-order valence-electron chi connectivity index (χ3n) is 3.72. The molecule has 1 aromatic rings. The minimum absolute atomic E-state index is 0.202. The van der Waals surface area contributed by atoms with Crippen molar-refractivity contribution in [3.63, 3.8) is 0 Å². The van der Waals surface area contributed by atoms with Crippen molar-refractivity contribution >= 4 is 5.90 Å². The van der Waals surface area contributed by atoms with Gasteiger partial charge in [-0.15, -0.1) is 0 Å². The molecule has 1 aliphatic carbocycles. The van der Waals surface area contributed by atoms with Crippen LogP contribution in [-0.2, 0) is 4.74 Å². The summed E-state index contributed by atoms with van der Waals surface area (Å²) in [6.45, 7) is 2.09. The number of aliphatic imine (C=N–C) groups is 1. The molecule has 0 amide bonds. The van der Waals surface area contributed by atoms with Crippen molar-refractivity contribution in [1.29, 1.82) is 0 Å². The summed E-state index contributed by atoms with van der Waals surface area (Å²) in [4.78, 5) is 4.71. The molecule has 1 fully saturated rings. The van der Waals surface area contributed by atoms with Crippen LogP contribution >= 0.6 is 0 Å². The molecule has 1 heterocycles. The average molecular weight is 230 g/mol. The van der Waals surface area contributed by atoms with Gasteiger partial charge >= 0.3 is 0 Å². The predicted octanol–water partition coefficient (Wildman–Crippen LogP) is 2.02. The van der Waals surface area contributed by atoms with Gasteiger partial charge in [0.25, 0.3) is 0 Å². The summed E-state index contributed by atoms with van der Waals surface area (Å²) in [5.41, 5.74) is 8.31. The molecule has 17 heavy (non-hydrogen) atoms. The molecule has 1 saturated carbocycles. The average Bonchev–Trinajstić information content (AvgIpc) is 2.72. The van der Waals surface area contributed by atoms with Gasteiger partial charge in [0.1, 0.15) is 6.10 Å². The third kappa shape index (κ3) is 1.95. The molecule has 3 nitrogen and oxygen atoms in total. The molecule has 1 aliphatic heterocycles. The first-order valence-corrected chi connectivity index (χ1v) is 6.30. The Bertz CT molecular complexity index is 455. The van der Waals surface area contributed by atoms with E-state index in [-0.39, 0.29) is 12.1 Å². The van der Waals surface area contributed by atoms with Crippen molar-refractivity contribution in [1.82, 2.24) is 0 Å². The van der Waals surface area contributed by atoms with Crippen LogP contribution in [0.25, 0.3) is 0 Å². The lowest BCUT2D eigenvalue weighted by molar-refractivity contribution is 0.142. The summed E-state index contributed by atoms with van der Waals surface area (Å²) < 4.78 is 5.97. The second-order valence-electron chi connectivity index (χ2n) is 5.05. The van der Waals surface area contributed by atoms with E-state index < -0.39 is 0 Å². The Balaban J connectivity index is 1.85. The fraction of sp³-hybridized carbons (Fsp3) is 0.500. The second kappa shape index (κ2) is 4.15. The van der Waals surface area contributed by atoms with Gasteiger partial charge < -0.3 is 10.5 Å². The van der Waals surface area contributed by atoms with Crippen molar-refractivity contribution in [3.8, 4) is 0 Å². The predicted molar refractivity (Wildman–Crippen MR) is 68.2 cm³/mol. The first-order chi connectivity index (χ1) is 8.24. The number of hydrogen-bond donors (Lipinski definition) is 1. The van der Waals surface area contributed by atoms with Gasteiger partial charge in [-0.2, -0.15) is 0 Å². The molecule has 0 radical (unpaired) electrons. The van der Waals surface area contributed by atoms with E-state index in [1.54, 1.807) is 0 Å². The van der Waals surface area contributed by atoms with E-state index in [2.05, 4.69) is 19.1 Å². The fourth-order valence-corrected chi connectivity index (χ4v) is 2.69. The van der Waals surface area contributed by atoms with E-state index in [0.29, 0.717) is 6.04 Å². The maximum Gasteiger partial charge on any atom is 0.217 e. The van der Waals surface area contributed by atoms with Crippen molar-refractivity contribution < 1.29 is 4.74 Å². The lowest BCUT2D eigenvalue weighted by Crippen LogP contribution is -2.38. The van der Waals surface area contributed by atoms with Crippen LogP contribution in [0.4, 0.5) is 0 Å². The molecule has 2 N–H and O–H groups in total. The standard InChI is InChI=1S/C14H18N2O/c1-9-4-2-3-5-11(9)14-16-12-7-6-10(15)8-13(12)17-14/h2-5,10,12-13H,6-8,15H2,1H3. The molecule has 0 bridgehead atoms. The molecule has 3 unspecified atom stereocenters. The zero-order valence-electron chi connectivity index (χ0n) is 10.1. The van der Waals surface area contributed by atoms with E-state index in [9.17, 15) is 0 Å². The van der Waals surface area contributed by atoms with Crippen LogP contribution in [0.15, 0.2) is 29.3 Å². The Morgan fingerprint density at radius 3 is 2.94 bits per heavy atom. The van der Waals surface area contributed by atoms with E-state index in [1.165, 1.54) is 5.56 Å². The van der Waals surface area contributed by atoms with Crippen LogP contribution in [0.1, 0.15) is 30.4 Å². The Kier molecular flexibility index (Phi) is 2.63. The van der Waals surface area contributed by atoms with Gasteiger partial charge in [0.05, 0.1) is 6.04 Å². The van der Waals surface area contributed by atoms with Gasteiger partial charge in [-0.05, 0) is 31.4 Å². The Labute approximate surface area is 102 Å².